The van der Waals surface area contributed by atoms with E-state index in [-0.39, 0.29) is 64.2 Å². The normalized spacial score (nSPS) is 13.8. The summed E-state index contributed by atoms with van der Waals surface area (Å²) in [5.74, 6) is 0. The molecule has 0 bridgehead atoms. The van der Waals surface area contributed by atoms with Crippen molar-refractivity contribution < 1.29 is 69.5 Å². The number of aliphatic hydroxyl groups is 1. The summed E-state index contributed by atoms with van der Waals surface area (Å²) in [7, 11) is -4.66. The average Bonchev–Trinajstić information content (AvgIpc) is 2.64. The van der Waals surface area contributed by atoms with Crippen LogP contribution in [0.25, 0.3) is 0 Å². The molecular weight excluding hydrogens is 411 g/mol. The summed E-state index contributed by atoms with van der Waals surface area (Å²) in [5.41, 5.74) is 0. The van der Waals surface area contributed by atoms with Crippen molar-refractivity contribution in [2.24, 2.45) is 0 Å². The number of hydrogen-bond donors (Lipinski definition) is 1. The van der Waals surface area contributed by atoms with Crippen LogP contribution in [0.4, 0.5) is 0 Å². The van der Waals surface area contributed by atoms with Gasteiger partial charge < -0.3 is 9.66 Å². The van der Waals surface area contributed by atoms with E-state index in [1.54, 1.807) is 0 Å². The second-order valence-electron chi connectivity index (χ2n) is 8.56. The number of unbranched alkanes of at least 4 members (excludes halogenated alkanes) is 16. The van der Waals surface area contributed by atoms with Crippen molar-refractivity contribution in [3.05, 3.63) is 0 Å². The smallest absolute Gasteiger partial charge is 0.746 e. The summed E-state index contributed by atoms with van der Waals surface area (Å²) in [5, 5.41) is 10.3. The van der Waals surface area contributed by atoms with Gasteiger partial charge in [-0.2, -0.15) is 0 Å². The number of hydrogen-bond acceptors (Lipinski definition) is 4. The van der Waals surface area contributed by atoms with Crippen LogP contribution in [0.15, 0.2) is 0 Å². The molecular formula is C23H47KO4S. The van der Waals surface area contributed by atoms with Gasteiger partial charge in [-0.05, 0) is 25.7 Å². The summed E-state index contributed by atoms with van der Waals surface area (Å²) in [4.78, 5) is -2.06. The molecule has 0 aromatic rings. The van der Waals surface area contributed by atoms with Gasteiger partial charge in [0.1, 0.15) is 10.1 Å². The van der Waals surface area contributed by atoms with Gasteiger partial charge in [0.2, 0.25) is 0 Å². The quantitative estimate of drug-likeness (QED) is 0.160. The molecule has 1 atom stereocenters. The Morgan fingerprint density at radius 1 is 0.586 bits per heavy atom. The summed E-state index contributed by atoms with van der Waals surface area (Å²) in [6.07, 6.45) is 20.8. The monoisotopic (exact) mass is 458 g/mol. The Morgan fingerprint density at radius 2 is 0.828 bits per heavy atom. The second-order valence-corrected chi connectivity index (χ2v) is 10.2. The van der Waals surface area contributed by atoms with E-state index in [9.17, 15) is 18.1 Å². The second kappa shape index (κ2) is 21.4. The first-order chi connectivity index (χ1) is 13.4. The Labute approximate surface area is 224 Å². The van der Waals surface area contributed by atoms with Crippen LogP contribution in [-0.2, 0) is 10.1 Å². The van der Waals surface area contributed by atoms with Crippen molar-refractivity contribution in [2.75, 3.05) is 0 Å². The van der Waals surface area contributed by atoms with E-state index >= 15 is 0 Å². The fourth-order valence-electron chi connectivity index (χ4n) is 3.80. The number of rotatable bonds is 21. The zero-order valence-electron chi connectivity index (χ0n) is 19.7. The van der Waals surface area contributed by atoms with Crippen LogP contribution >= 0.6 is 0 Å². The van der Waals surface area contributed by atoms with Gasteiger partial charge >= 0.3 is 51.4 Å². The third kappa shape index (κ3) is 18.7. The molecule has 0 aliphatic heterocycles. The summed E-state index contributed by atoms with van der Waals surface area (Å²) >= 11 is 0. The summed E-state index contributed by atoms with van der Waals surface area (Å²) in [6.45, 7) is 4.33. The molecule has 0 aliphatic carbocycles. The third-order valence-electron chi connectivity index (χ3n) is 5.81. The summed E-state index contributed by atoms with van der Waals surface area (Å²) < 4.78 is 34.4. The topological polar surface area (TPSA) is 77.4 Å². The van der Waals surface area contributed by atoms with Crippen molar-refractivity contribution in [1.82, 2.24) is 0 Å². The average molecular weight is 459 g/mol. The predicted octanol–water partition coefficient (Wildman–Crippen LogP) is 4.07. The van der Waals surface area contributed by atoms with Crippen LogP contribution in [0.1, 0.15) is 142 Å². The van der Waals surface area contributed by atoms with Gasteiger partial charge in [-0.25, -0.2) is 8.42 Å². The first kappa shape index (κ1) is 32.7. The fraction of sp³-hybridized carbons (Fsp3) is 1.00. The van der Waals surface area contributed by atoms with Crippen LogP contribution in [0.2, 0.25) is 0 Å². The molecule has 4 nitrogen and oxygen atoms in total. The molecule has 0 aromatic heterocycles. The Morgan fingerprint density at radius 3 is 1.10 bits per heavy atom. The standard InChI is InChI=1S/C23H48O4S.K/c1-3-5-7-9-10-11-12-13-14-15-16-17-18-20-22-23(24,28(25,26)27)21-19-8-6-4-2;/h24H,3-22H2,1-2H3,(H,25,26,27);/q;+1/p-1. The molecule has 1 N–H and O–H groups in total. The van der Waals surface area contributed by atoms with Gasteiger partial charge in [0.15, 0.2) is 4.93 Å². The Kier molecular flexibility index (Phi) is 24.1. The van der Waals surface area contributed by atoms with Gasteiger partial charge in [-0.1, -0.05) is 117 Å². The molecule has 0 fully saturated rings. The molecule has 0 heterocycles. The molecule has 0 radical (unpaired) electrons. The van der Waals surface area contributed by atoms with Crippen molar-refractivity contribution in [3.8, 4) is 0 Å². The molecule has 0 spiro atoms. The van der Waals surface area contributed by atoms with Crippen LogP contribution < -0.4 is 51.4 Å². The van der Waals surface area contributed by atoms with Crippen molar-refractivity contribution in [1.29, 1.82) is 0 Å². The van der Waals surface area contributed by atoms with Gasteiger partial charge in [-0.3, -0.25) is 0 Å². The minimum absolute atomic E-state index is 0. The maximum absolute atomic E-state index is 11.5. The van der Waals surface area contributed by atoms with Crippen molar-refractivity contribution in [2.45, 2.75) is 147 Å². The molecule has 1 unspecified atom stereocenters. The third-order valence-corrected chi connectivity index (χ3v) is 7.15. The van der Waals surface area contributed by atoms with Gasteiger partial charge in [0.05, 0.1) is 0 Å². The molecule has 0 rings (SSSR count). The predicted molar refractivity (Wildman–Crippen MR) is 118 cm³/mol. The van der Waals surface area contributed by atoms with E-state index in [0.717, 1.165) is 38.5 Å². The Balaban J connectivity index is 0. The van der Waals surface area contributed by atoms with Crippen LogP contribution in [-0.4, -0.2) is 23.0 Å². The van der Waals surface area contributed by atoms with E-state index < -0.39 is 15.1 Å². The van der Waals surface area contributed by atoms with Crippen LogP contribution in [0.5, 0.6) is 0 Å². The molecule has 0 aromatic carbocycles. The van der Waals surface area contributed by atoms with Crippen LogP contribution in [0.3, 0.4) is 0 Å². The zero-order chi connectivity index (χ0) is 21.1. The van der Waals surface area contributed by atoms with Crippen molar-refractivity contribution >= 4 is 10.1 Å². The van der Waals surface area contributed by atoms with Gasteiger partial charge in [0.25, 0.3) is 0 Å². The Bertz CT molecular complexity index is 442. The largest absolute Gasteiger partial charge is 1.00 e. The SMILES string of the molecule is CCCCCCCCCCCCCCCCC(O)(CCCCCC)S(=O)(=O)[O-].[K+]. The van der Waals surface area contributed by atoms with E-state index in [0.29, 0.717) is 12.8 Å². The van der Waals surface area contributed by atoms with Crippen molar-refractivity contribution in [3.63, 3.8) is 0 Å². The van der Waals surface area contributed by atoms with Crippen LogP contribution in [0, 0.1) is 0 Å². The minimum Gasteiger partial charge on any atom is -0.746 e. The minimum atomic E-state index is -4.66. The molecule has 6 heteroatoms. The first-order valence-electron chi connectivity index (χ1n) is 12.0. The van der Waals surface area contributed by atoms with Gasteiger partial charge in [0, 0.05) is 0 Å². The maximum Gasteiger partial charge on any atom is 1.00 e. The molecule has 0 amide bonds. The van der Waals surface area contributed by atoms with E-state index in [1.807, 2.05) is 0 Å². The first-order valence-corrected chi connectivity index (χ1v) is 13.5. The molecule has 0 aliphatic rings. The molecule has 170 valence electrons. The molecule has 0 saturated heterocycles. The Hall–Kier alpha value is 1.51. The fourth-order valence-corrected chi connectivity index (χ4v) is 4.59. The van der Waals surface area contributed by atoms with Gasteiger partial charge in [-0.15, -0.1) is 0 Å². The molecule has 0 saturated carbocycles. The maximum atomic E-state index is 11.5. The summed E-state index contributed by atoms with van der Waals surface area (Å²) in [6, 6.07) is 0. The van der Waals surface area contributed by atoms with E-state index in [1.165, 1.54) is 64.2 Å². The van der Waals surface area contributed by atoms with E-state index in [4.69, 9.17) is 0 Å². The molecule has 29 heavy (non-hydrogen) atoms. The zero-order valence-corrected chi connectivity index (χ0v) is 23.7. The van der Waals surface area contributed by atoms with E-state index in [2.05, 4.69) is 13.8 Å².